The predicted molar refractivity (Wildman–Crippen MR) is 79.2 cm³/mol. The average molecular weight is 312 g/mol. The van der Waals surface area contributed by atoms with E-state index in [9.17, 15) is 4.79 Å². The number of nitrogens with one attached hydrogen (secondary N) is 2. The van der Waals surface area contributed by atoms with Crippen molar-refractivity contribution in [3.8, 4) is 11.8 Å². The van der Waals surface area contributed by atoms with Crippen LogP contribution in [0.25, 0.3) is 0 Å². The normalized spacial score (nSPS) is 9.95. The second kappa shape index (κ2) is 10.00. The lowest BCUT2D eigenvalue weighted by molar-refractivity contribution is -0.122. The number of ether oxygens (including phenoxy) is 2. The van der Waals surface area contributed by atoms with Crippen molar-refractivity contribution in [3.63, 3.8) is 0 Å². The van der Waals surface area contributed by atoms with Gasteiger partial charge >= 0.3 is 0 Å². The molecule has 0 aliphatic rings. The molecule has 1 rings (SSSR count). The summed E-state index contributed by atoms with van der Waals surface area (Å²) in [4.78, 5) is 11.4. The summed E-state index contributed by atoms with van der Waals surface area (Å²) in [6.45, 7) is 1.68. The van der Waals surface area contributed by atoms with Gasteiger partial charge in [0, 0.05) is 30.8 Å². The minimum Gasteiger partial charge on any atom is -0.483 e. The van der Waals surface area contributed by atoms with Gasteiger partial charge in [0.25, 0.3) is 5.91 Å². The smallest absolute Gasteiger partial charge is 0.258 e. The van der Waals surface area contributed by atoms with Gasteiger partial charge < -0.3 is 20.1 Å². The van der Waals surface area contributed by atoms with Gasteiger partial charge in [-0.25, -0.2) is 0 Å². The molecule has 0 aromatic heterocycles. The molecule has 7 heteroatoms. The highest BCUT2D eigenvalue weighted by atomic mass is 35.5. The van der Waals surface area contributed by atoms with Crippen LogP contribution in [0.15, 0.2) is 18.2 Å². The Morgan fingerprint density at radius 2 is 2.29 bits per heavy atom. The molecule has 6 nitrogen and oxygen atoms in total. The number of carbonyl (C=O) groups is 1. The topological polar surface area (TPSA) is 83.4 Å². The summed E-state index contributed by atoms with van der Waals surface area (Å²) in [7, 11) is 1.63. The third-order valence-electron chi connectivity index (χ3n) is 2.54. The lowest BCUT2D eigenvalue weighted by atomic mass is 10.2. The molecule has 0 bridgehead atoms. The fourth-order valence-corrected chi connectivity index (χ4v) is 1.75. The molecule has 0 heterocycles. The van der Waals surface area contributed by atoms with Crippen LogP contribution in [0, 0.1) is 11.3 Å². The molecular formula is C14H18ClN3O3. The molecule has 0 spiro atoms. The van der Waals surface area contributed by atoms with E-state index in [-0.39, 0.29) is 19.1 Å². The number of hydrogen-bond donors (Lipinski definition) is 2. The number of carbonyl (C=O) groups excluding carboxylic acids is 1. The summed E-state index contributed by atoms with van der Waals surface area (Å²) in [6, 6.07) is 7.02. The van der Waals surface area contributed by atoms with E-state index in [4.69, 9.17) is 26.3 Å². The zero-order chi connectivity index (χ0) is 15.5. The first-order chi connectivity index (χ1) is 10.2. The highest BCUT2D eigenvalue weighted by Gasteiger charge is 2.07. The molecule has 0 saturated heterocycles. The maximum atomic E-state index is 11.4. The Hall–Kier alpha value is -1.81. The van der Waals surface area contributed by atoms with Gasteiger partial charge in [-0.15, -0.1) is 0 Å². The van der Waals surface area contributed by atoms with Crippen molar-refractivity contribution in [2.45, 2.75) is 6.54 Å². The highest BCUT2D eigenvalue weighted by molar-refractivity contribution is 6.30. The third kappa shape index (κ3) is 6.95. The maximum absolute atomic E-state index is 11.4. The molecule has 0 unspecified atom stereocenters. The number of rotatable bonds is 9. The van der Waals surface area contributed by atoms with E-state index in [1.54, 1.807) is 25.3 Å². The van der Waals surface area contributed by atoms with Gasteiger partial charge in [0.2, 0.25) is 0 Å². The molecule has 0 saturated carbocycles. The van der Waals surface area contributed by atoms with Crippen LogP contribution in [0.1, 0.15) is 5.56 Å². The standard InChI is InChI=1S/C14H18ClN3O3/c1-20-7-6-17-9-11-8-12(15)2-3-13(11)21-10-14(19)18-5-4-16/h2-3,8,17H,5-7,9-10H2,1H3,(H,18,19). The summed E-state index contributed by atoms with van der Waals surface area (Å²) >= 11 is 5.96. The fourth-order valence-electron chi connectivity index (χ4n) is 1.56. The van der Waals surface area contributed by atoms with Gasteiger partial charge in [-0.1, -0.05) is 11.6 Å². The lowest BCUT2D eigenvalue weighted by Gasteiger charge is -2.12. The van der Waals surface area contributed by atoms with Gasteiger partial charge in [-0.05, 0) is 18.2 Å². The molecule has 2 N–H and O–H groups in total. The van der Waals surface area contributed by atoms with Crippen LogP contribution in [0.4, 0.5) is 0 Å². The minimum absolute atomic E-state index is 0.0335. The summed E-state index contributed by atoms with van der Waals surface area (Å²) in [5, 5.41) is 14.6. The fraction of sp³-hybridized carbons (Fsp3) is 0.429. The van der Waals surface area contributed by atoms with Crippen LogP contribution in [0.3, 0.4) is 0 Å². The van der Waals surface area contributed by atoms with E-state index >= 15 is 0 Å². The number of benzene rings is 1. The van der Waals surface area contributed by atoms with Crippen molar-refractivity contribution in [3.05, 3.63) is 28.8 Å². The molecule has 114 valence electrons. The predicted octanol–water partition coefficient (Wildman–Crippen LogP) is 1.09. The Morgan fingerprint density at radius 1 is 1.48 bits per heavy atom. The van der Waals surface area contributed by atoms with E-state index in [0.717, 1.165) is 5.56 Å². The molecule has 21 heavy (non-hydrogen) atoms. The largest absolute Gasteiger partial charge is 0.483 e. The quantitative estimate of drug-likeness (QED) is 0.527. The van der Waals surface area contributed by atoms with Crippen molar-refractivity contribution >= 4 is 17.5 Å². The van der Waals surface area contributed by atoms with Crippen molar-refractivity contribution in [2.75, 3.05) is 33.4 Å². The number of amides is 1. The van der Waals surface area contributed by atoms with Crippen molar-refractivity contribution < 1.29 is 14.3 Å². The number of methoxy groups -OCH3 is 1. The lowest BCUT2D eigenvalue weighted by Crippen LogP contribution is -2.29. The molecule has 0 aliphatic heterocycles. The summed E-state index contributed by atoms with van der Waals surface area (Å²) in [6.07, 6.45) is 0. The van der Waals surface area contributed by atoms with Crippen molar-refractivity contribution in [1.29, 1.82) is 5.26 Å². The number of hydrogen-bond acceptors (Lipinski definition) is 5. The van der Waals surface area contributed by atoms with Crippen LogP contribution in [0.2, 0.25) is 5.02 Å². The number of nitrogens with zero attached hydrogens (tertiary/aromatic N) is 1. The van der Waals surface area contributed by atoms with Gasteiger partial charge in [0.1, 0.15) is 12.3 Å². The molecule has 1 aromatic carbocycles. The molecule has 0 aliphatic carbocycles. The Morgan fingerprint density at radius 3 is 3.00 bits per heavy atom. The summed E-state index contributed by atoms with van der Waals surface area (Å²) < 4.78 is 10.4. The van der Waals surface area contributed by atoms with E-state index in [2.05, 4.69) is 10.6 Å². The number of halogens is 1. The first-order valence-corrected chi connectivity index (χ1v) is 6.79. The third-order valence-corrected chi connectivity index (χ3v) is 2.78. The van der Waals surface area contributed by atoms with Gasteiger partial charge in [0.05, 0.1) is 12.7 Å². The number of nitriles is 1. The second-order valence-corrected chi connectivity index (χ2v) is 4.58. The summed E-state index contributed by atoms with van der Waals surface area (Å²) in [5.74, 6) is 0.237. The zero-order valence-corrected chi connectivity index (χ0v) is 12.6. The van der Waals surface area contributed by atoms with Crippen LogP contribution < -0.4 is 15.4 Å². The zero-order valence-electron chi connectivity index (χ0n) is 11.8. The van der Waals surface area contributed by atoms with E-state index < -0.39 is 0 Å². The Labute approximate surface area is 129 Å². The molecule has 0 fully saturated rings. The molecule has 1 aromatic rings. The highest BCUT2D eigenvalue weighted by Crippen LogP contribution is 2.22. The van der Waals surface area contributed by atoms with Crippen LogP contribution >= 0.6 is 11.6 Å². The Balaban J connectivity index is 2.55. The van der Waals surface area contributed by atoms with E-state index in [1.807, 2.05) is 6.07 Å². The Kier molecular flexibility index (Phi) is 8.21. The van der Waals surface area contributed by atoms with Gasteiger partial charge in [-0.2, -0.15) is 5.26 Å². The molecular weight excluding hydrogens is 294 g/mol. The molecule has 1 amide bonds. The Bertz CT molecular complexity index is 503. The molecule has 0 radical (unpaired) electrons. The van der Waals surface area contributed by atoms with Crippen LogP contribution in [-0.2, 0) is 16.1 Å². The first-order valence-electron chi connectivity index (χ1n) is 6.42. The SMILES string of the molecule is COCCNCc1cc(Cl)ccc1OCC(=O)NCC#N. The second-order valence-electron chi connectivity index (χ2n) is 4.15. The molecule has 0 atom stereocenters. The van der Waals surface area contributed by atoms with E-state index in [0.29, 0.717) is 30.5 Å². The monoisotopic (exact) mass is 311 g/mol. The van der Waals surface area contributed by atoms with Crippen molar-refractivity contribution in [1.82, 2.24) is 10.6 Å². The minimum atomic E-state index is -0.343. The van der Waals surface area contributed by atoms with Gasteiger partial charge in [-0.3, -0.25) is 4.79 Å². The average Bonchev–Trinajstić information content (AvgIpc) is 2.48. The van der Waals surface area contributed by atoms with Gasteiger partial charge in [0.15, 0.2) is 6.61 Å². The maximum Gasteiger partial charge on any atom is 0.258 e. The van der Waals surface area contributed by atoms with Crippen molar-refractivity contribution in [2.24, 2.45) is 0 Å². The first kappa shape index (κ1) is 17.2. The summed E-state index contributed by atoms with van der Waals surface area (Å²) in [5.41, 5.74) is 0.853. The van der Waals surface area contributed by atoms with E-state index in [1.165, 1.54) is 0 Å². The van der Waals surface area contributed by atoms with Crippen LogP contribution in [0.5, 0.6) is 5.75 Å². The van der Waals surface area contributed by atoms with Crippen LogP contribution in [-0.4, -0.2) is 39.3 Å².